The molecule has 4 rings (SSSR count). The number of benzene rings is 2. The van der Waals surface area contributed by atoms with Gasteiger partial charge in [0.1, 0.15) is 11.5 Å². The van der Waals surface area contributed by atoms with Crippen molar-refractivity contribution >= 4 is 17.8 Å². The summed E-state index contributed by atoms with van der Waals surface area (Å²) in [5.74, 6) is 0.203. The minimum atomic E-state index is -0.467. The Bertz CT molecular complexity index is 1050. The van der Waals surface area contributed by atoms with Crippen LogP contribution in [0.2, 0.25) is 0 Å². The standard InChI is InChI=1S/C22H15NO4/c1-14-4-6-16(7-5-14)22(25)26-17-8-9-18-19(12-17)27-20(21(18)24)11-15-3-2-10-23-13-15/h2-13H,1H3/b20-11-. The number of Topliss-reactive ketones (excluding diaryl/α,β-unsaturated/α-hetero) is 1. The molecular formula is C22H15NO4. The Labute approximate surface area is 155 Å². The number of ketones is 1. The lowest BCUT2D eigenvalue weighted by molar-refractivity contribution is 0.0734. The minimum Gasteiger partial charge on any atom is -0.452 e. The highest BCUT2D eigenvalue weighted by atomic mass is 16.5. The first kappa shape index (κ1) is 16.7. The van der Waals surface area contributed by atoms with Crippen molar-refractivity contribution in [1.82, 2.24) is 4.98 Å². The van der Waals surface area contributed by atoms with Gasteiger partial charge in [-0.1, -0.05) is 23.8 Å². The Kier molecular flexibility index (Phi) is 4.26. The molecule has 0 fully saturated rings. The number of aromatic nitrogens is 1. The smallest absolute Gasteiger partial charge is 0.343 e. The summed E-state index contributed by atoms with van der Waals surface area (Å²) in [5.41, 5.74) is 2.71. The molecular weight excluding hydrogens is 342 g/mol. The fraction of sp³-hybridized carbons (Fsp3) is 0.0455. The molecule has 0 radical (unpaired) electrons. The Balaban J connectivity index is 1.55. The molecule has 0 bridgehead atoms. The number of hydrogen-bond acceptors (Lipinski definition) is 5. The minimum absolute atomic E-state index is 0.208. The van der Waals surface area contributed by atoms with E-state index in [0.29, 0.717) is 22.6 Å². The van der Waals surface area contributed by atoms with Crippen molar-refractivity contribution in [3.8, 4) is 11.5 Å². The van der Waals surface area contributed by atoms with E-state index < -0.39 is 5.97 Å². The number of hydrogen-bond donors (Lipinski definition) is 0. The highest BCUT2D eigenvalue weighted by molar-refractivity contribution is 6.14. The maximum Gasteiger partial charge on any atom is 0.343 e. The number of carbonyl (C=O) groups excluding carboxylic acids is 2. The van der Waals surface area contributed by atoms with Crippen molar-refractivity contribution in [3.05, 3.63) is 95.0 Å². The molecule has 1 aliphatic heterocycles. The Morgan fingerprint density at radius 3 is 2.67 bits per heavy atom. The number of ether oxygens (including phenoxy) is 2. The predicted molar refractivity (Wildman–Crippen MR) is 99.8 cm³/mol. The van der Waals surface area contributed by atoms with E-state index in [1.54, 1.807) is 54.9 Å². The van der Waals surface area contributed by atoms with Gasteiger partial charge in [0, 0.05) is 18.5 Å². The number of aryl methyl sites for hydroxylation is 1. The van der Waals surface area contributed by atoms with Crippen molar-refractivity contribution in [2.24, 2.45) is 0 Å². The maximum atomic E-state index is 12.5. The lowest BCUT2D eigenvalue weighted by Gasteiger charge is -2.06. The molecule has 0 saturated heterocycles. The van der Waals surface area contributed by atoms with Gasteiger partial charge in [0.05, 0.1) is 11.1 Å². The fourth-order valence-electron chi connectivity index (χ4n) is 2.70. The monoisotopic (exact) mass is 357 g/mol. The summed E-state index contributed by atoms with van der Waals surface area (Å²) >= 11 is 0. The topological polar surface area (TPSA) is 65.5 Å². The molecule has 5 heteroatoms. The first-order chi connectivity index (χ1) is 13.1. The molecule has 1 aliphatic rings. The zero-order valence-corrected chi connectivity index (χ0v) is 14.5. The number of nitrogens with zero attached hydrogens (tertiary/aromatic N) is 1. The maximum absolute atomic E-state index is 12.5. The zero-order valence-electron chi connectivity index (χ0n) is 14.5. The number of allylic oxidation sites excluding steroid dienone is 1. The molecule has 132 valence electrons. The number of pyridine rings is 1. The first-order valence-electron chi connectivity index (χ1n) is 8.37. The van der Waals surface area contributed by atoms with Gasteiger partial charge < -0.3 is 9.47 Å². The lowest BCUT2D eigenvalue weighted by atomic mass is 10.1. The largest absolute Gasteiger partial charge is 0.452 e. The van der Waals surface area contributed by atoms with Crippen LogP contribution in [0.1, 0.15) is 31.8 Å². The van der Waals surface area contributed by atoms with E-state index in [1.165, 1.54) is 0 Å². The van der Waals surface area contributed by atoms with Crippen molar-refractivity contribution in [2.45, 2.75) is 6.92 Å². The summed E-state index contributed by atoms with van der Waals surface area (Å²) in [4.78, 5) is 28.7. The van der Waals surface area contributed by atoms with Gasteiger partial charge in [-0.3, -0.25) is 9.78 Å². The molecule has 0 amide bonds. The van der Waals surface area contributed by atoms with Crippen molar-refractivity contribution in [1.29, 1.82) is 0 Å². The summed E-state index contributed by atoms with van der Waals surface area (Å²) in [6, 6.07) is 15.4. The van der Waals surface area contributed by atoms with Crippen LogP contribution >= 0.6 is 0 Å². The van der Waals surface area contributed by atoms with Gasteiger partial charge in [0.15, 0.2) is 5.76 Å². The van der Waals surface area contributed by atoms with Crippen LogP contribution < -0.4 is 9.47 Å². The highest BCUT2D eigenvalue weighted by Gasteiger charge is 2.28. The Morgan fingerprint density at radius 1 is 1.11 bits per heavy atom. The number of rotatable bonds is 3. The van der Waals surface area contributed by atoms with Crippen LogP contribution in [-0.2, 0) is 0 Å². The third-order valence-electron chi connectivity index (χ3n) is 4.12. The molecule has 5 nitrogen and oxygen atoms in total. The molecule has 0 unspecified atom stereocenters. The van der Waals surface area contributed by atoms with E-state index in [9.17, 15) is 9.59 Å². The van der Waals surface area contributed by atoms with E-state index in [0.717, 1.165) is 11.1 Å². The molecule has 1 aromatic heterocycles. The molecule has 27 heavy (non-hydrogen) atoms. The van der Waals surface area contributed by atoms with Gasteiger partial charge in [-0.25, -0.2) is 4.79 Å². The van der Waals surface area contributed by atoms with Crippen LogP contribution in [0.4, 0.5) is 0 Å². The number of esters is 1. The van der Waals surface area contributed by atoms with Crippen molar-refractivity contribution in [3.63, 3.8) is 0 Å². The lowest BCUT2D eigenvalue weighted by Crippen LogP contribution is -2.08. The number of fused-ring (bicyclic) bond motifs is 1. The van der Waals surface area contributed by atoms with Gasteiger partial charge in [-0.05, 0) is 48.9 Å². The van der Waals surface area contributed by atoms with Crippen LogP contribution in [0.25, 0.3) is 6.08 Å². The summed E-state index contributed by atoms with van der Waals surface area (Å²) in [6.45, 7) is 1.95. The molecule has 0 atom stereocenters. The Hall–Kier alpha value is -3.73. The molecule has 0 spiro atoms. The van der Waals surface area contributed by atoms with Gasteiger partial charge in [-0.2, -0.15) is 0 Å². The highest BCUT2D eigenvalue weighted by Crippen LogP contribution is 2.35. The van der Waals surface area contributed by atoms with Crippen molar-refractivity contribution < 1.29 is 19.1 Å². The quantitative estimate of drug-likeness (QED) is 0.399. The second-order valence-electron chi connectivity index (χ2n) is 6.14. The third kappa shape index (κ3) is 3.48. The summed E-state index contributed by atoms with van der Waals surface area (Å²) in [5, 5.41) is 0. The van der Waals surface area contributed by atoms with E-state index in [2.05, 4.69) is 4.98 Å². The van der Waals surface area contributed by atoms with Crippen LogP contribution in [-0.4, -0.2) is 16.7 Å². The summed E-state index contributed by atoms with van der Waals surface area (Å²) < 4.78 is 11.1. The normalized spacial score (nSPS) is 14.0. The van der Waals surface area contributed by atoms with Gasteiger partial charge in [-0.15, -0.1) is 0 Å². The second kappa shape index (κ2) is 6.88. The third-order valence-corrected chi connectivity index (χ3v) is 4.12. The Morgan fingerprint density at radius 2 is 1.93 bits per heavy atom. The molecule has 3 aromatic rings. The summed E-state index contributed by atoms with van der Waals surface area (Å²) in [6.07, 6.45) is 4.93. The van der Waals surface area contributed by atoms with E-state index >= 15 is 0 Å². The van der Waals surface area contributed by atoms with Crippen LogP contribution in [0.3, 0.4) is 0 Å². The van der Waals surface area contributed by atoms with Gasteiger partial charge in [0.25, 0.3) is 0 Å². The molecule has 2 aromatic carbocycles. The van der Waals surface area contributed by atoms with Crippen LogP contribution in [0.5, 0.6) is 11.5 Å². The average Bonchev–Trinajstić information content (AvgIpc) is 2.98. The van der Waals surface area contributed by atoms with Gasteiger partial charge >= 0.3 is 5.97 Å². The van der Waals surface area contributed by atoms with Crippen molar-refractivity contribution in [2.75, 3.05) is 0 Å². The van der Waals surface area contributed by atoms with Crippen LogP contribution in [0.15, 0.2) is 72.8 Å². The van der Waals surface area contributed by atoms with E-state index in [4.69, 9.17) is 9.47 Å². The second-order valence-corrected chi connectivity index (χ2v) is 6.14. The first-order valence-corrected chi connectivity index (χ1v) is 8.37. The fourth-order valence-corrected chi connectivity index (χ4v) is 2.70. The van der Waals surface area contributed by atoms with E-state index in [1.807, 2.05) is 25.1 Å². The van der Waals surface area contributed by atoms with E-state index in [-0.39, 0.29) is 11.5 Å². The predicted octanol–water partition coefficient (Wildman–Crippen LogP) is 4.23. The molecule has 0 N–H and O–H groups in total. The molecule has 0 saturated carbocycles. The number of carbonyl (C=O) groups is 2. The zero-order chi connectivity index (χ0) is 18.8. The molecule has 2 heterocycles. The SMILES string of the molecule is Cc1ccc(C(=O)Oc2ccc3c(c2)O/C(=C\c2cccnc2)C3=O)cc1. The molecule has 0 aliphatic carbocycles. The van der Waals surface area contributed by atoms with Crippen LogP contribution in [0, 0.1) is 6.92 Å². The average molecular weight is 357 g/mol. The van der Waals surface area contributed by atoms with Gasteiger partial charge in [0.2, 0.25) is 5.78 Å². The summed E-state index contributed by atoms with van der Waals surface area (Å²) in [7, 11) is 0.